The summed E-state index contributed by atoms with van der Waals surface area (Å²) in [5.41, 5.74) is 0. The molecule has 1 aliphatic rings. The van der Waals surface area contributed by atoms with Gasteiger partial charge in [0.1, 0.15) is 24.4 Å². The lowest BCUT2D eigenvalue weighted by Gasteiger charge is -2.40. The summed E-state index contributed by atoms with van der Waals surface area (Å²) in [5, 5.41) is 54.4. The van der Waals surface area contributed by atoms with Gasteiger partial charge in [-0.3, -0.25) is 4.79 Å². The molecule has 56 heavy (non-hydrogen) atoms. The molecule has 0 bridgehead atoms. The molecular formula is C47H91NO8. The number of amides is 1. The molecule has 0 aromatic rings. The Hall–Kier alpha value is -1.07. The maximum Gasteiger partial charge on any atom is 0.220 e. The first-order chi connectivity index (χ1) is 27.3. The number of aliphatic hydroxyl groups is 5. The van der Waals surface area contributed by atoms with Gasteiger partial charge >= 0.3 is 0 Å². The third-order valence-electron chi connectivity index (χ3n) is 11.6. The monoisotopic (exact) mass is 798 g/mol. The lowest BCUT2D eigenvalue weighted by molar-refractivity contribution is -0.302. The number of carbonyl (C=O) groups excluding carboxylic acids is 1. The molecule has 7 unspecified atom stereocenters. The van der Waals surface area contributed by atoms with Gasteiger partial charge in [-0.1, -0.05) is 193 Å². The predicted molar refractivity (Wildman–Crippen MR) is 231 cm³/mol. The van der Waals surface area contributed by atoms with Crippen molar-refractivity contribution in [3.8, 4) is 0 Å². The molecule has 0 aliphatic carbocycles. The minimum Gasteiger partial charge on any atom is -0.394 e. The number of unbranched alkanes of at least 4 members (excludes halogenated alkanes) is 28. The molecule has 0 aromatic heterocycles. The van der Waals surface area contributed by atoms with Crippen LogP contribution in [0.25, 0.3) is 0 Å². The van der Waals surface area contributed by atoms with Crippen molar-refractivity contribution in [1.29, 1.82) is 0 Å². The minimum absolute atomic E-state index is 0.135. The third kappa shape index (κ3) is 28.4. The second-order valence-electron chi connectivity index (χ2n) is 16.9. The van der Waals surface area contributed by atoms with Crippen LogP contribution in [0.4, 0.5) is 0 Å². The van der Waals surface area contributed by atoms with E-state index in [-0.39, 0.29) is 12.5 Å². The molecule has 1 amide bonds. The number of hydrogen-bond acceptors (Lipinski definition) is 8. The van der Waals surface area contributed by atoms with Gasteiger partial charge in [0.15, 0.2) is 6.29 Å². The Kier molecular flexibility index (Phi) is 36.1. The van der Waals surface area contributed by atoms with Crippen molar-refractivity contribution in [3.63, 3.8) is 0 Å². The maximum atomic E-state index is 13.0. The highest BCUT2D eigenvalue weighted by Crippen LogP contribution is 2.23. The van der Waals surface area contributed by atoms with Crippen LogP contribution >= 0.6 is 0 Å². The van der Waals surface area contributed by atoms with Gasteiger partial charge in [0.25, 0.3) is 0 Å². The SMILES string of the molecule is CCCCCCCC/C=C\CCCCCCCCCCCC(=O)NC(COC1OC(CO)C(O)C(O)C1O)C(O)CCCCCCCCCCCCCCCC. The average molecular weight is 798 g/mol. The van der Waals surface area contributed by atoms with Gasteiger partial charge in [0, 0.05) is 6.42 Å². The van der Waals surface area contributed by atoms with Crippen molar-refractivity contribution in [2.24, 2.45) is 0 Å². The number of aliphatic hydroxyl groups excluding tert-OH is 5. The van der Waals surface area contributed by atoms with Crippen LogP contribution < -0.4 is 5.32 Å². The van der Waals surface area contributed by atoms with Crippen LogP contribution in [0.3, 0.4) is 0 Å². The fourth-order valence-electron chi connectivity index (χ4n) is 7.74. The largest absolute Gasteiger partial charge is 0.394 e. The molecule has 0 spiro atoms. The third-order valence-corrected chi connectivity index (χ3v) is 11.6. The van der Waals surface area contributed by atoms with Crippen molar-refractivity contribution in [2.45, 2.75) is 269 Å². The fraction of sp³-hybridized carbons (Fsp3) is 0.936. The van der Waals surface area contributed by atoms with E-state index in [2.05, 4.69) is 31.3 Å². The van der Waals surface area contributed by atoms with Gasteiger partial charge in [0.05, 0.1) is 25.4 Å². The van der Waals surface area contributed by atoms with Gasteiger partial charge < -0.3 is 40.3 Å². The number of hydrogen-bond donors (Lipinski definition) is 6. The number of carbonyl (C=O) groups is 1. The van der Waals surface area contributed by atoms with Crippen LogP contribution in [-0.4, -0.2) is 87.5 Å². The average Bonchev–Trinajstić information content (AvgIpc) is 3.20. The zero-order valence-corrected chi connectivity index (χ0v) is 36.4. The van der Waals surface area contributed by atoms with E-state index in [1.54, 1.807) is 0 Å². The topological polar surface area (TPSA) is 149 Å². The first-order valence-electron chi connectivity index (χ1n) is 23.9. The number of ether oxygens (including phenoxy) is 2. The van der Waals surface area contributed by atoms with Crippen molar-refractivity contribution in [1.82, 2.24) is 5.32 Å². The molecule has 7 atom stereocenters. The summed E-state index contributed by atoms with van der Waals surface area (Å²) in [4.78, 5) is 13.0. The Morgan fingerprint density at radius 1 is 0.589 bits per heavy atom. The van der Waals surface area contributed by atoms with E-state index in [9.17, 15) is 30.3 Å². The molecule has 0 aromatic carbocycles. The zero-order valence-electron chi connectivity index (χ0n) is 36.4. The summed E-state index contributed by atoms with van der Waals surface area (Å²) >= 11 is 0. The standard InChI is InChI=1S/C47H91NO8/c1-3-5-7-9-11-13-15-17-19-20-21-22-23-25-27-29-31-33-35-37-43(51)48-40(39-55-47-46(54)45(53)44(52)42(38-49)56-47)41(50)36-34-32-30-28-26-24-18-16-14-12-10-8-6-4-2/h17,19,40-42,44-47,49-50,52-54H,3-16,18,20-39H2,1-2H3,(H,48,51)/b19-17-. The molecule has 1 fully saturated rings. The van der Waals surface area contributed by atoms with Crippen molar-refractivity contribution >= 4 is 5.91 Å². The Morgan fingerprint density at radius 3 is 1.45 bits per heavy atom. The van der Waals surface area contributed by atoms with E-state index >= 15 is 0 Å². The van der Waals surface area contributed by atoms with Gasteiger partial charge in [-0.2, -0.15) is 0 Å². The number of rotatable bonds is 40. The summed E-state index contributed by atoms with van der Waals surface area (Å²) in [6, 6.07) is -0.715. The molecule has 9 heteroatoms. The molecule has 332 valence electrons. The van der Waals surface area contributed by atoms with Gasteiger partial charge in [-0.25, -0.2) is 0 Å². The summed E-state index contributed by atoms with van der Waals surface area (Å²) in [5.74, 6) is -0.145. The normalized spacial score (nSPS) is 21.2. The molecule has 9 nitrogen and oxygen atoms in total. The summed E-state index contributed by atoms with van der Waals surface area (Å²) in [6.07, 6.45) is 36.4. The minimum atomic E-state index is -1.55. The van der Waals surface area contributed by atoms with Gasteiger partial charge in [-0.05, 0) is 38.5 Å². The Balaban J connectivity index is 2.29. The van der Waals surface area contributed by atoms with E-state index in [0.717, 1.165) is 38.5 Å². The summed E-state index contributed by atoms with van der Waals surface area (Å²) < 4.78 is 11.3. The highest BCUT2D eigenvalue weighted by Gasteiger charge is 2.44. The van der Waals surface area contributed by atoms with E-state index in [4.69, 9.17) is 9.47 Å². The molecule has 1 aliphatic heterocycles. The van der Waals surface area contributed by atoms with Crippen molar-refractivity contribution in [3.05, 3.63) is 12.2 Å². The van der Waals surface area contributed by atoms with Crippen LogP contribution in [0, 0.1) is 0 Å². The molecular weight excluding hydrogens is 707 g/mol. The summed E-state index contributed by atoms with van der Waals surface area (Å²) in [7, 11) is 0. The van der Waals surface area contributed by atoms with Gasteiger partial charge in [0.2, 0.25) is 5.91 Å². The molecule has 1 heterocycles. The van der Waals surface area contributed by atoms with Crippen LogP contribution in [0.1, 0.15) is 226 Å². The van der Waals surface area contributed by atoms with Crippen molar-refractivity contribution in [2.75, 3.05) is 13.2 Å². The van der Waals surface area contributed by atoms with E-state index in [1.807, 2.05) is 0 Å². The Labute approximate surface area is 344 Å². The van der Waals surface area contributed by atoms with Gasteiger partial charge in [-0.15, -0.1) is 0 Å². The van der Waals surface area contributed by atoms with Crippen LogP contribution in [0.2, 0.25) is 0 Å². The second-order valence-corrected chi connectivity index (χ2v) is 16.9. The number of nitrogens with one attached hydrogen (secondary N) is 1. The molecule has 1 saturated heterocycles. The van der Waals surface area contributed by atoms with E-state index in [0.29, 0.717) is 12.8 Å². The fourth-order valence-corrected chi connectivity index (χ4v) is 7.74. The smallest absolute Gasteiger partial charge is 0.220 e. The van der Waals surface area contributed by atoms with Crippen LogP contribution in [0.15, 0.2) is 12.2 Å². The highest BCUT2D eigenvalue weighted by molar-refractivity contribution is 5.76. The molecule has 0 radical (unpaired) electrons. The molecule has 6 N–H and O–H groups in total. The zero-order chi connectivity index (χ0) is 40.9. The van der Waals surface area contributed by atoms with E-state index in [1.165, 1.54) is 161 Å². The first kappa shape index (κ1) is 52.9. The maximum absolute atomic E-state index is 13.0. The predicted octanol–water partition coefficient (Wildman–Crippen LogP) is 10.1. The Morgan fingerprint density at radius 2 is 1.00 bits per heavy atom. The Bertz CT molecular complexity index is 888. The second kappa shape index (κ2) is 38.2. The lowest BCUT2D eigenvalue weighted by Crippen LogP contribution is -2.60. The quantitative estimate of drug-likeness (QED) is 0.0265. The molecule has 1 rings (SSSR count). The lowest BCUT2D eigenvalue weighted by atomic mass is 9.99. The molecule has 0 saturated carbocycles. The summed E-state index contributed by atoms with van der Waals surface area (Å²) in [6.45, 7) is 3.84. The number of allylic oxidation sites excluding steroid dienone is 2. The van der Waals surface area contributed by atoms with E-state index < -0.39 is 49.5 Å². The van der Waals surface area contributed by atoms with Crippen LogP contribution in [0.5, 0.6) is 0 Å². The van der Waals surface area contributed by atoms with Crippen LogP contribution in [-0.2, 0) is 14.3 Å². The highest BCUT2D eigenvalue weighted by atomic mass is 16.7. The van der Waals surface area contributed by atoms with Crippen molar-refractivity contribution < 1.29 is 39.8 Å². The first-order valence-corrected chi connectivity index (χ1v) is 23.9.